The molecule has 1 fully saturated rings. The second-order valence-corrected chi connectivity index (χ2v) is 4.78. The number of benzene rings is 1. The molecule has 0 aliphatic carbocycles. The number of pyridine rings is 1. The summed E-state index contributed by atoms with van der Waals surface area (Å²) in [5.74, 6) is 0.795. The number of hydrogen-bond donors (Lipinski definition) is 1. The van der Waals surface area contributed by atoms with Crippen molar-refractivity contribution in [1.29, 1.82) is 5.41 Å². The molecule has 3 rings (SSSR count). The molecule has 2 aromatic rings. The summed E-state index contributed by atoms with van der Waals surface area (Å²) in [7, 11) is 0. The molecule has 1 aromatic carbocycles. The van der Waals surface area contributed by atoms with Gasteiger partial charge in [0.2, 0.25) is 0 Å². The van der Waals surface area contributed by atoms with E-state index >= 15 is 0 Å². The van der Waals surface area contributed by atoms with Gasteiger partial charge in [-0.15, -0.1) is 0 Å². The van der Waals surface area contributed by atoms with E-state index in [0.29, 0.717) is 0 Å². The molecule has 92 valence electrons. The average Bonchev–Trinajstić information content (AvgIpc) is 2.82. The van der Waals surface area contributed by atoms with Crippen LogP contribution >= 0.6 is 0 Å². The minimum atomic E-state index is 0.795. The SMILES string of the molecule is N=C1CCCN1CCc1cccc2cccnc12. The molecule has 0 amide bonds. The molecule has 3 heteroatoms. The molecular weight excluding hydrogens is 222 g/mol. The maximum atomic E-state index is 7.84. The molecule has 0 radical (unpaired) electrons. The summed E-state index contributed by atoms with van der Waals surface area (Å²) in [6, 6.07) is 10.4. The predicted octanol–water partition coefficient (Wildman–Crippen LogP) is 2.85. The smallest absolute Gasteiger partial charge is 0.0958 e. The van der Waals surface area contributed by atoms with Gasteiger partial charge >= 0.3 is 0 Å². The minimum absolute atomic E-state index is 0.795. The van der Waals surface area contributed by atoms with Crippen LogP contribution in [0.25, 0.3) is 10.9 Å². The van der Waals surface area contributed by atoms with E-state index in [1.54, 1.807) is 0 Å². The molecule has 0 bridgehead atoms. The Morgan fingerprint density at radius 3 is 2.94 bits per heavy atom. The van der Waals surface area contributed by atoms with Crippen molar-refractivity contribution in [2.75, 3.05) is 13.1 Å². The third kappa shape index (κ3) is 2.08. The zero-order valence-electron chi connectivity index (χ0n) is 10.4. The van der Waals surface area contributed by atoms with Gasteiger partial charge in [-0.2, -0.15) is 0 Å². The highest BCUT2D eigenvalue weighted by Crippen LogP contribution is 2.18. The van der Waals surface area contributed by atoms with Crippen LogP contribution in [0, 0.1) is 5.41 Å². The second-order valence-electron chi connectivity index (χ2n) is 4.78. The fourth-order valence-electron chi connectivity index (χ4n) is 2.60. The Bertz CT molecular complexity index is 571. The molecule has 1 aliphatic rings. The fraction of sp³-hybridized carbons (Fsp3) is 0.333. The summed E-state index contributed by atoms with van der Waals surface area (Å²) in [6.07, 6.45) is 4.89. The summed E-state index contributed by atoms with van der Waals surface area (Å²) in [6.45, 7) is 1.98. The highest BCUT2D eigenvalue weighted by atomic mass is 15.2. The maximum Gasteiger partial charge on any atom is 0.0958 e. The van der Waals surface area contributed by atoms with Crippen LogP contribution in [-0.2, 0) is 6.42 Å². The van der Waals surface area contributed by atoms with E-state index in [2.05, 4.69) is 34.1 Å². The number of rotatable bonds is 3. The fourth-order valence-corrected chi connectivity index (χ4v) is 2.60. The molecule has 18 heavy (non-hydrogen) atoms. The van der Waals surface area contributed by atoms with Crippen LogP contribution in [0.4, 0.5) is 0 Å². The number of fused-ring (bicyclic) bond motifs is 1. The predicted molar refractivity (Wildman–Crippen MR) is 74.0 cm³/mol. The van der Waals surface area contributed by atoms with Crippen LogP contribution < -0.4 is 0 Å². The van der Waals surface area contributed by atoms with Gasteiger partial charge in [0.25, 0.3) is 0 Å². The van der Waals surface area contributed by atoms with Crippen LogP contribution in [0.1, 0.15) is 18.4 Å². The second kappa shape index (κ2) is 4.77. The van der Waals surface area contributed by atoms with Gasteiger partial charge in [0.1, 0.15) is 0 Å². The van der Waals surface area contributed by atoms with E-state index in [9.17, 15) is 0 Å². The lowest BCUT2D eigenvalue weighted by Gasteiger charge is -2.17. The molecule has 1 saturated heterocycles. The third-order valence-electron chi connectivity index (χ3n) is 3.59. The zero-order chi connectivity index (χ0) is 12.4. The lowest BCUT2D eigenvalue weighted by atomic mass is 10.1. The van der Waals surface area contributed by atoms with Gasteiger partial charge in [0.05, 0.1) is 11.4 Å². The van der Waals surface area contributed by atoms with Crippen molar-refractivity contribution in [2.45, 2.75) is 19.3 Å². The van der Waals surface area contributed by atoms with Crippen LogP contribution in [0.2, 0.25) is 0 Å². The van der Waals surface area contributed by atoms with E-state index in [1.807, 2.05) is 12.3 Å². The van der Waals surface area contributed by atoms with E-state index in [1.165, 1.54) is 10.9 Å². The van der Waals surface area contributed by atoms with Gasteiger partial charge in [0.15, 0.2) is 0 Å². The van der Waals surface area contributed by atoms with Crippen LogP contribution in [-0.4, -0.2) is 28.8 Å². The summed E-state index contributed by atoms with van der Waals surface area (Å²) in [4.78, 5) is 6.66. The first-order chi connectivity index (χ1) is 8.84. The average molecular weight is 239 g/mol. The lowest BCUT2D eigenvalue weighted by Crippen LogP contribution is -2.26. The quantitative estimate of drug-likeness (QED) is 0.894. The van der Waals surface area contributed by atoms with E-state index in [0.717, 1.165) is 43.7 Å². The van der Waals surface area contributed by atoms with Crippen molar-refractivity contribution < 1.29 is 0 Å². The number of nitrogens with zero attached hydrogens (tertiary/aromatic N) is 2. The highest BCUT2D eigenvalue weighted by molar-refractivity contribution is 5.82. The Morgan fingerprint density at radius 1 is 1.22 bits per heavy atom. The summed E-state index contributed by atoms with van der Waals surface area (Å²) < 4.78 is 0. The number of likely N-dealkylation sites (tertiary alicyclic amines) is 1. The standard InChI is InChI=1S/C15H17N3/c16-14-7-3-10-18(14)11-8-13-5-1-4-12-6-2-9-17-15(12)13/h1-2,4-6,9,16H,3,7-8,10-11H2. The molecule has 0 spiro atoms. The number of aromatic nitrogens is 1. The maximum absolute atomic E-state index is 7.84. The largest absolute Gasteiger partial charge is 0.360 e. The number of hydrogen-bond acceptors (Lipinski definition) is 2. The monoisotopic (exact) mass is 239 g/mol. The Labute approximate surface area is 107 Å². The van der Waals surface area contributed by atoms with E-state index in [-0.39, 0.29) is 0 Å². The van der Waals surface area contributed by atoms with Gasteiger partial charge in [-0.05, 0) is 24.5 Å². The molecule has 1 aliphatic heterocycles. The molecule has 3 nitrogen and oxygen atoms in total. The van der Waals surface area contributed by atoms with Crippen molar-refractivity contribution in [3.05, 3.63) is 42.1 Å². The molecule has 1 N–H and O–H groups in total. The Balaban J connectivity index is 1.80. The Hall–Kier alpha value is -1.90. The molecule has 0 saturated carbocycles. The van der Waals surface area contributed by atoms with Crippen molar-refractivity contribution >= 4 is 16.7 Å². The number of nitrogens with one attached hydrogen (secondary N) is 1. The first kappa shape index (κ1) is 11.2. The number of amidine groups is 1. The van der Waals surface area contributed by atoms with Gasteiger partial charge in [0, 0.05) is 31.1 Å². The lowest BCUT2D eigenvalue weighted by molar-refractivity contribution is 0.456. The first-order valence-corrected chi connectivity index (χ1v) is 6.49. The molecule has 2 heterocycles. The first-order valence-electron chi connectivity index (χ1n) is 6.49. The van der Waals surface area contributed by atoms with E-state index < -0.39 is 0 Å². The van der Waals surface area contributed by atoms with Gasteiger partial charge in [-0.1, -0.05) is 24.3 Å². The molecule has 0 unspecified atom stereocenters. The minimum Gasteiger partial charge on any atom is -0.360 e. The van der Waals surface area contributed by atoms with Crippen LogP contribution in [0.5, 0.6) is 0 Å². The van der Waals surface area contributed by atoms with Crippen LogP contribution in [0.3, 0.4) is 0 Å². The molecular formula is C15H17N3. The molecule has 1 aromatic heterocycles. The molecule has 0 atom stereocenters. The summed E-state index contributed by atoms with van der Waals surface area (Å²) in [5.41, 5.74) is 2.39. The number of para-hydroxylation sites is 1. The van der Waals surface area contributed by atoms with E-state index in [4.69, 9.17) is 5.41 Å². The van der Waals surface area contributed by atoms with Crippen LogP contribution in [0.15, 0.2) is 36.5 Å². The van der Waals surface area contributed by atoms with Crippen molar-refractivity contribution in [2.24, 2.45) is 0 Å². The Kier molecular flexibility index (Phi) is 2.97. The zero-order valence-corrected chi connectivity index (χ0v) is 10.4. The third-order valence-corrected chi connectivity index (χ3v) is 3.59. The highest BCUT2D eigenvalue weighted by Gasteiger charge is 2.16. The van der Waals surface area contributed by atoms with Gasteiger partial charge in [-0.25, -0.2) is 0 Å². The van der Waals surface area contributed by atoms with Crippen molar-refractivity contribution in [1.82, 2.24) is 9.88 Å². The summed E-state index contributed by atoms with van der Waals surface area (Å²) >= 11 is 0. The topological polar surface area (TPSA) is 40.0 Å². The normalized spacial score (nSPS) is 15.6. The Morgan fingerprint density at radius 2 is 2.11 bits per heavy atom. The van der Waals surface area contributed by atoms with Gasteiger partial charge < -0.3 is 4.90 Å². The summed E-state index contributed by atoms with van der Waals surface area (Å²) in [5, 5.41) is 9.05. The van der Waals surface area contributed by atoms with Crippen molar-refractivity contribution in [3.8, 4) is 0 Å². The van der Waals surface area contributed by atoms with Gasteiger partial charge in [-0.3, -0.25) is 10.4 Å². The van der Waals surface area contributed by atoms with Crippen molar-refractivity contribution in [3.63, 3.8) is 0 Å².